The van der Waals surface area contributed by atoms with Gasteiger partial charge in [0.15, 0.2) is 0 Å². The summed E-state index contributed by atoms with van der Waals surface area (Å²) in [5, 5.41) is 4.24. The van der Waals surface area contributed by atoms with Crippen molar-refractivity contribution < 1.29 is 23.9 Å². The second-order valence-electron chi connectivity index (χ2n) is 6.08. The molecule has 3 rings (SSSR count). The van der Waals surface area contributed by atoms with E-state index in [0.717, 1.165) is 27.1 Å². The molecule has 1 aromatic heterocycles. The van der Waals surface area contributed by atoms with Crippen molar-refractivity contribution in [1.29, 1.82) is 0 Å². The van der Waals surface area contributed by atoms with Gasteiger partial charge in [0, 0.05) is 35.7 Å². The molecular weight excluding hydrogens is 424 g/mol. The van der Waals surface area contributed by atoms with Crippen molar-refractivity contribution >= 4 is 52.3 Å². The minimum atomic E-state index is -0.342. The third-order valence-electron chi connectivity index (χ3n) is 4.18. The van der Waals surface area contributed by atoms with Crippen LogP contribution in [0.5, 0.6) is 11.5 Å². The van der Waals surface area contributed by atoms with Crippen LogP contribution < -0.4 is 14.8 Å². The summed E-state index contributed by atoms with van der Waals surface area (Å²) in [6, 6.07) is 9.03. The number of ether oxygens (including phenoxy) is 2. The van der Waals surface area contributed by atoms with Crippen molar-refractivity contribution in [1.82, 2.24) is 10.2 Å². The summed E-state index contributed by atoms with van der Waals surface area (Å²) in [5.74, 6) is 0.549. The maximum Gasteiger partial charge on any atom is 0.293 e. The second kappa shape index (κ2) is 10.1. The number of thioether (sulfide) groups is 1. The van der Waals surface area contributed by atoms with Gasteiger partial charge in [-0.15, -0.1) is 11.3 Å². The lowest BCUT2D eigenvalue weighted by molar-refractivity contribution is -0.123. The lowest BCUT2D eigenvalue weighted by atomic mass is 10.1. The summed E-state index contributed by atoms with van der Waals surface area (Å²) in [5.41, 5.74) is 0.720. The Morgan fingerprint density at radius 3 is 2.73 bits per heavy atom. The standard InChI is InChI=1S/C21H20N2O5S2/c1-27-15-7-5-14(17(12-15)28-2)6-8-19(24)22-9-10-23-20(25)18(30-21(23)26)13-16-4-3-11-29-16/h3-8,11-13H,9-10H2,1-2H3,(H,22,24)/b8-6+,18-13+. The van der Waals surface area contributed by atoms with E-state index in [0.29, 0.717) is 16.4 Å². The number of carbonyl (C=O) groups excluding carboxylic acids is 3. The zero-order chi connectivity index (χ0) is 21.5. The van der Waals surface area contributed by atoms with Crippen LogP contribution >= 0.6 is 23.1 Å². The Labute approximate surface area is 182 Å². The third kappa shape index (κ3) is 5.31. The van der Waals surface area contributed by atoms with E-state index in [4.69, 9.17) is 9.47 Å². The van der Waals surface area contributed by atoms with Crippen LogP contribution in [0.15, 0.2) is 46.7 Å². The predicted octanol–water partition coefficient (Wildman–Crippen LogP) is 3.63. The average molecular weight is 445 g/mol. The van der Waals surface area contributed by atoms with E-state index in [-0.39, 0.29) is 30.1 Å². The molecule has 0 atom stereocenters. The Morgan fingerprint density at radius 2 is 2.03 bits per heavy atom. The number of carbonyl (C=O) groups is 3. The van der Waals surface area contributed by atoms with E-state index < -0.39 is 0 Å². The molecule has 1 N–H and O–H groups in total. The smallest absolute Gasteiger partial charge is 0.293 e. The molecular formula is C21H20N2O5S2. The largest absolute Gasteiger partial charge is 0.497 e. The normalized spacial score (nSPS) is 15.3. The van der Waals surface area contributed by atoms with Gasteiger partial charge >= 0.3 is 0 Å². The van der Waals surface area contributed by atoms with Crippen LogP contribution in [-0.4, -0.2) is 49.3 Å². The van der Waals surface area contributed by atoms with Gasteiger partial charge in [-0.2, -0.15) is 0 Å². The van der Waals surface area contributed by atoms with Gasteiger partial charge < -0.3 is 14.8 Å². The highest BCUT2D eigenvalue weighted by Gasteiger charge is 2.34. The summed E-state index contributed by atoms with van der Waals surface area (Å²) < 4.78 is 10.4. The number of amides is 3. The lowest BCUT2D eigenvalue weighted by Crippen LogP contribution is -2.36. The minimum absolute atomic E-state index is 0.109. The highest BCUT2D eigenvalue weighted by molar-refractivity contribution is 8.18. The summed E-state index contributed by atoms with van der Waals surface area (Å²) in [4.78, 5) is 39.1. The fraction of sp³-hybridized carbons (Fsp3) is 0.190. The maximum atomic E-state index is 12.4. The van der Waals surface area contributed by atoms with Crippen LogP contribution in [0.1, 0.15) is 10.4 Å². The molecule has 1 aliphatic heterocycles. The Morgan fingerprint density at radius 1 is 1.20 bits per heavy atom. The van der Waals surface area contributed by atoms with Crippen LogP contribution in [0.25, 0.3) is 12.2 Å². The van der Waals surface area contributed by atoms with Crippen LogP contribution in [-0.2, 0) is 9.59 Å². The molecule has 1 aromatic carbocycles. The SMILES string of the molecule is COc1ccc(/C=C/C(=O)NCCN2C(=O)S/C(=C/c3cccs3)C2=O)c(OC)c1. The van der Waals surface area contributed by atoms with E-state index in [1.54, 1.807) is 37.5 Å². The van der Waals surface area contributed by atoms with Gasteiger partial charge in [0.1, 0.15) is 11.5 Å². The number of methoxy groups -OCH3 is 2. The number of rotatable bonds is 8. The van der Waals surface area contributed by atoms with E-state index in [9.17, 15) is 14.4 Å². The monoisotopic (exact) mass is 444 g/mol. The third-order valence-corrected chi connectivity index (χ3v) is 5.91. The Hall–Kier alpha value is -3.04. The van der Waals surface area contributed by atoms with Gasteiger partial charge in [-0.1, -0.05) is 6.07 Å². The number of benzene rings is 1. The van der Waals surface area contributed by atoms with E-state index in [1.165, 1.54) is 24.5 Å². The highest BCUT2D eigenvalue weighted by Crippen LogP contribution is 2.32. The van der Waals surface area contributed by atoms with Crippen molar-refractivity contribution in [3.05, 3.63) is 57.1 Å². The number of hydrogen-bond acceptors (Lipinski definition) is 7. The molecule has 2 aromatic rings. The minimum Gasteiger partial charge on any atom is -0.497 e. The highest BCUT2D eigenvalue weighted by atomic mass is 32.2. The lowest BCUT2D eigenvalue weighted by Gasteiger charge is -2.12. The van der Waals surface area contributed by atoms with Crippen LogP contribution in [0.2, 0.25) is 0 Å². The molecule has 0 radical (unpaired) electrons. The molecule has 0 aliphatic carbocycles. The summed E-state index contributed by atoms with van der Waals surface area (Å²) in [6.07, 6.45) is 4.70. The van der Waals surface area contributed by atoms with Gasteiger partial charge in [0.25, 0.3) is 11.1 Å². The molecule has 0 saturated carbocycles. The van der Waals surface area contributed by atoms with Crippen molar-refractivity contribution in [2.45, 2.75) is 0 Å². The number of imide groups is 1. The molecule has 0 unspecified atom stereocenters. The number of thiophene rings is 1. The molecule has 156 valence electrons. The van der Waals surface area contributed by atoms with Gasteiger partial charge in [-0.05, 0) is 47.5 Å². The predicted molar refractivity (Wildman–Crippen MR) is 119 cm³/mol. The first-order valence-electron chi connectivity index (χ1n) is 8.98. The molecule has 1 fully saturated rings. The van der Waals surface area contributed by atoms with Crippen molar-refractivity contribution in [2.75, 3.05) is 27.3 Å². The second-order valence-corrected chi connectivity index (χ2v) is 8.05. The molecule has 1 saturated heterocycles. The molecule has 30 heavy (non-hydrogen) atoms. The molecule has 3 amide bonds. The van der Waals surface area contributed by atoms with Crippen LogP contribution in [0, 0.1) is 0 Å². The molecule has 7 nitrogen and oxygen atoms in total. The van der Waals surface area contributed by atoms with Crippen molar-refractivity contribution in [3.63, 3.8) is 0 Å². The fourth-order valence-corrected chi connectivity index (χ4v) is 4.25. The number of nitrogens with one attached hydrogen (secondary N) is 1. The first-order valence-corrected chi connectivity index (χ1v) is 10.7. The Kier molecular flexibility index (Phi) is 7.31. The zero-order valence-corrected chi connectivity index (χ0v) is 18.0. The quantitative estimate of drug-likeness (QED) is 0.626. The summed E-state index contributed by atoms with van der Waals surface area (Å²) >= 11 is 2.40. The molecule has 0 spiro atoms. The van der Waals surface area contributed by atoms with E-state index in [1.807, 2.05) is 17.5 Å². The zero-order valence-electron chi connectivity index (χ0n) is 16.4. The van der Waals surface area contributed by atoms with E-state index in [2.05, 4.69) is 5.32 Å². The first-order chi connectivity index (χ1) is 14.5. The van der Waals surface area contributed by atoms with E-state index >= 15 is 0 Å². The number of hydrogen-bond donors (Lipinski definition) is 1. The van der Waals surface area contributed by atoms with Crippen LogP contribution in [0.4, 0.5) is 4.79 Å². The van der Waals surface area contributed by atoms with Gasteiger partial charge in [-0.25, -0.2) is 0 Å². The number of nitrogens with zero attached hydrogens (tertiary/aromatic N) is 1. The molecule has 0 bridgehead atoms. The van der Waals surface area contributed by atoms with Gasteiger partial charge in [-0.3, -0.25) is 19.3 Å². The fourth-order valence-electron chi connectivity index (χ4n) is 2.67. The first kappa shape index (κ1) is 21.7. The maximum absolute atomic E-state index is 12.4. The average Bonchev–Trinajstić information content (AvgIpc) is 3.35. The topological polar surface area (TPSA) is 84.9 Å². The molecule has 2 heterocycles. The summed E-state index contributed by atoms with van der Waals surface area (Å²) in [6.45, 7) is 0.269. The van der Waals surface area contributed by atoms with Crippen LogP contribution in [0.3, 0.4) is 0 Å². The van der Waals surface area contributed by atoms with Crippen molar-refractivity contribution in [2.24, 2.45) is 0 Å². The molecule has 1 aliphatic rings. The molecule has 9 heteroatoms. The van der Waals surface area contributed by atoms with Crippen molar-refractivity contribution in [3.8, 4) is 11.5 Å². The van der Waals surface area contributed by atoms with Gasteiger partial charge in [0.2, 0.25) is 5.91 Å². The Bertz CT molecular complexity index is 999. The Balaban J connectivity index is 1.53. The van der Waals surface area contributed by atoms with Gasteiger partial charge in [0.05, 0.1) is 19.1 Å². The summed E-state index contributed by atoms with van der Waals surface area (Å²) in [7, 11) is 3.10.